The summed E-state index contributed by atoms with van der Waals surface area (Å²) < 4.78 is 5.16. The molecule has 0 atom stereocenters. The van der Waals surface area contributed by atoms with E-state index in [4.69, 9.17) is 16.0 Å². The Morgan fingerprint density at radius 3 is 2.71 bits per heavy atom. The normalized spacial score (nSPS) is 11.2. The lowest BCUT2D eigenvalue weighted by Crippen LogP contribution is -2.43. The van der Waals surface area contributed by atoms with E-state index in [2.05, 4.69) is 20.9 Å². The molecule has 0 fully saturated rings. The van der Waals surface area contributed by atoms with E-state index in [1.165, 1.54) is 0 Å². The molecule has 0 saturated carbocycles. The fraction of sp³-hybridized carbons (Fsp3) is 0.294. The topological polar surface area (TPSA) is 78.7 Å². The van der Waals surface area contributed by atoms with Gasteiger partial charge in [0.05, 0.1) is 25.9 Å². The molecule has 3 N–H and O–H groups in total. The zero-order valence-electron chi connectivity index (χ0n) is 13.5. The van der Waals surface area contributed by atoms with Crippen molar-refractivity contribution in [2.45, 2.75) is 20.0 Å². The highest BCUT2D eigenvalue weighted by Crippen LogP contribution is 2.15. The van der Waals surface area contributed by atoms with Gasteiger partial charge in [-0.25, -0.2) is 4.99 Å². The summed E-state index contributed by atoms with van der Waals surface area (Å²) in [6, 6.07) is 11.1. The average Bonchev–Trinajstić information content (AvgIpc) is 3.10. The lowest BCUT2D eigenvalue weighted by molar-refractivity contribution is -0.120. The fourth-order valence-electron chi connectivity index (χ4n) is 1.96. The van der Waals surface area contributed by atoms with E-state index in [1.807, 2.05) is 37.3 Å². The Labute approximate surface area is 146 Å². The number of carbonyl (C=O) groups excluding carboxylic acids is 1. The van der Waals surface area contributed by atoms with Crippen LogP contribution in [-0.4, -0.2) is 25.0 Å². The molecule has 0 spiro atoms. The highest BCUT2D eigenvalue weighted by molar-refractivity contribution is 6.31. The molecule has 1 aromatic heterocycles. The van der Waals surface area contributed by atoms with Crippen molar-refractivity contribution in [3.8, 4) is 0 Å². The van der Waals surface area contributed by atoms with Crippen molar-refractivity contribution >= 4 is 23.5 Å². The van der Waals surface area contributed by atoms with Gasteiger partial charge in [0.15, 0.2) is 5.96 Å². The van der Waals surface area contributed by atoms with Crippen LogP contribution in [0.25, 0.3) is 0 Å². The summed E-state index contributed by atoms with van der Waals surface area (Å²) in [4.78, 5) is 16.3. The molecule has 0 aliphatic carbocycles. The number of rotatable bonds is 7. The third-order valence-electron chi connectivity index (χ3n) is 3.17. The Morgan fingerprint density at radius 2 is 2.00 bits per heavy atom. The summed E-state index contributed by atoms with van der Waals surface area (Å²) in [5.41, 5.74) is 0.929. The molecule has 2 aromatic rings. The summed E-state index contributed by atoms with van der Waals surface area (Å²) >= 11 is 6.12. The first-order valence-corrected chi connectivity index (χ1v) is 8.11. The zero-order valence-corrected chi connectivity index (χ0v) is 14.3. The van der Waals surface area contributed by atoms with Crippen molar-refractivity contribution in [2.24, 2.45) is 4.99 Å². The lowest BCUT2D eigenvalue weighted by atomic mass is 10.2. The minimum Gasteiger partial charge on any atom is -0.467 e. The van der Waals surface area contributed by atoms with Gasteiger partial charge in [-0.2, -0.15) is 0 Å². The second-order valence-electron chi connectivity index (χ2n) is 5.00. The maximum absolute atomic E-state index is 11.9. The summed E-state index contributed by atoms with van der Waals surface area (Å²) in [6.07, 6.45) is 1.57. The monoisotopic (exact) mass is 348 g/mol. The number of guanidine groups is 1. The number of furan rings is 1. The molecule has 1 amide bonds. The molecule has 2 rings (SSSR count). The molecule has 24 heavy (non-hydrogen) atoms. The van der Waals surface area contributed by atoms with Crippen LogP contribution >= 0.6 is 11.6 Å². The van der Waals surface area contributed by atoms with Crippen molar-refractivity contribution in [3.05, 3.63) is 59.0 Å². The van der Waals surface area contributed by atoms with E-state index < -0.39 is 0 Å². The first-order valence-electron chi connectivity index (χ1n) is 7.73. The number of hydrogen-bond donors (Lipinski definition) is 3. The summed E-state index contributed by atoms with van der Waals surface area (Å²) in [6.45, 7) is 3.57. The van der Waals surface area contributed by atoms with Crippen molar-refractivity contribution in [1.82, 2.24) is 16.0 Å². The second kappa shape index (κ2) is 9.62. The smallest absolute Gasteiger partial charge is 0.239 e. The second-order valence-corrected chi connectivity index (χ2v) is 5.40. The van der Waals surface area contributed by atoms with E-state index in [0.717, 1.165) is 5.56 Å². The molecule has 0 bridgehead atoms. The standard InChI is InChI=1S/C17H21ClN4O2/c1-2-19-17(21-10-13-6-3-4-8-15(13)18)22-12-16(23)20-11-14-7-5-9-24-14/h3-9H,2,10-12H2,1H3,(H,20,23)(H2,19,21,22). The predicted octanol–water partition coefficient (Wildman–Crippen LogP) is 2.30. The van der Waals surface area contributed by atoms with Gasteiger partial charge in [-0.1, -0.05) is 29.8 Å². The molecule has 0 aliphatic rings. The van der Waals surface area contributed by atoms with Gasteiger partial charge in [0.25, 0.3) is 0 Å². The van der Waals surface area contributed by atoms with Crippen LogP contribution in [0.3, 0.4) is 0 Å². The number of amides is 1. The largest absolute Gasteiger partial charge is 0.467 e. The van der Waals surface area contributed by atoms with Crippen molar-refractivity contribution in [3.63, 3.8) is 0 Å². The van der Waals surface area contributed by atoms with E-state index in [1.54, 1.807) is 12.3 Å². The highest BCUT2D eigenvalue weighted by atomic mass is 35.5. The van der Waals surface area contributed by atoms with Gasteiger partial charge in [-0.3, -0.25) is 4.79 Å². The van der Waals surface area contributed by atoms with Crippen molar-refractivity contribution in [1.29, 1.82) is 0 Å². The predicted molar refractivity (Wildman–Crippen MR) is 94.8 cm³/mol. The summed E-state index contributed by atoms with van der Waals surface area (Å²) in [7, 11) is 0. The molecule has 6 nitrogen and oxygen atoms in total. The maximum atomic E-state index is 11.9. The van der Waals surface area contributed by atoms with Crippen LogP contribution in [0, 0.1) is 0 Å². The molecule has 1 aromatic carbocycles. The van der Waals surface area contributed by atoms with Gasteiger partial charge in [0, 0.05) is 11.6 Å². The Bertz CT molecular complexity index is 671. The van der Waals surface area contributed by atoms with Gasteiger partial charge in [-0.05, 0) is 30.7 Å². The SMILES string of the molecule is CCNC(=NCc1ccccc1Cl)NCC(=O)NCc1ccco1. The van der Waals surface area contributed by atoms with Gasteiger partial charge in [0.2, 0.25) is 5.91 Å². The number of aliphatic imine (C=N–C) groups is 1. The van der Waals surface area contributed by atoms with Crippen LogP contribution in [0.2, 0.25) is 5.02 Å². The Kier molecular flexibility index (Phi) is 7.17. The van der Waals surface area contributed by atoms with E-state index in [-0.39, 0.29) is 12.5 Å². The maximum Gasteiger partial charge on any atom is 0.239 e. The molecule has 7 heteroatoms. The van der Waals surface area contributed by atoms with E-state index in [0.29, 0.717) is 36.4 Å². The highest BCUT2D eigenvalue weighted by Gasteiger charge is 2.05. The quantitative estimate of drug-likeness (QED) is 0.530. The molecular weight excluding hydrogens is 328 g/mol. The van der Waals surface area contributed by atoms with E-state index >= 15 is 0 Å². The molecule has 0 unspecified atom stereocenters. The number of nitrogens with zero attached hydrogens (tertiary/aromatic N) is 1. The average molecular weight is 349 g/mol. The Hall–Kier alpha value is -2.47. The minimum absolute atomic E-state index is 0.120. The van der Waals surface area contributed by atoms with Crippen LogP contribution in [0.15, 0.2) is 52.1 Å². The number of halogens is 1. The number of nitrogens with one attached hydrogen (secondary N) is 3. The van der Waals surface area contributed by atoms with Crippen molar-refractivity contribution < 1.29 is 9.21 Å². The van der Waals surface area contributed by atoms with E-state index in [9.17, 15) is 4.79 Å². The van der Waals surface area contributed by atoms with Crippen LogP contribution in [-0.2, 0) is 17.9 Å². The Morgan fingerprint density at radius 1 is 1.17 bits per heavy atom. The lowest BCUT2D eigenvalue weighted by Gasteiger charge is -2.11. The van der Waals surface area contributed by atoms with Gasteiger partial charge in [0.1, 0.15) is 5.76 Å². The molecule has 0 radical (unpaired) electrons. The van der Waals surface area contributed by atoms with Crippen LogP contribution in [0.4, 0.5) is 0 Å². The number of hydrogen-bond acceptors (Lipinski definition) is 3. The van der Waals surface area contributed by atoms with Gasteiger partial charge >= 0.3 is 0 Å². The van der Waals surface area contributed by atoms with Gasteiger partial charge < -0.3 is 20.4 Å². The molecule has 0 aliphatic heterocycles. The number of benzene rings is 1. The third-order valence-corrected chi connectivity index (χ3v) is 3.53. The number of carbonyl (C=O) groups is 1. The summed E-state index contributed by atoms with van der Waals surface area (Å²) in [5.74, 6) is 1.13. The molecular formula is C17H21ClN4O2. The summed E-state index contributed by atoms with van der Waals surface area (Å²) in [5, 5.41) is 9.53. The van der Waals surface area contributed by atoms with Gasteiger partial charge in [-0.15, -0.1) is 0 Å². The molecule has 0 saturated heterocycles. The third kappa shape index (κ3) is 5.96. The zero-order chi connectivity index (χ0) is 17.2. The first-order chi connectivity index (χ1) is 11.7. The fourth-order valence-corrected chi connectivity index (χ4v) is 2.15. The minimum atomic E-state index is -0.144. The van der Waals surface area contributed by atoms with Crippen LogP contribution < -0.4 is 16.0 Å². The first kappa shape index (κ1) is 17.9. The Balaban J connectivity index is 1.82. The van der Waals surface area contributed by atoms with Crippen LogP contribution in [0.5, 0.6) is 0 Å². The van der Waals surface area contributed by atoms with Crippen LogP contribution in [0.1, 0.15) is 18.2 Å². The molecule has 128 valence electrons. The van der Waals surface area contributed by atoms with Crippen molar-refractivity contribution in [2.75, 3.05) is 13.1 Å². The molecule has 1 heterocycles.